The molecule has 0 unspecified atom stereocenters. The number of hydrogen-bond donors (Lipinski definition) is 0. The van der Waals surface area contributed by atoms with Crippen LogP contribution in [0.25, 0.3) is 0 Å². The summed E-state index contributed by atoms with van der Waals surface area (Å²) < 4.78 is 18.2. The van der Waals surface area contributed by atoms with E-state index in [1.165, 1.54) is 12.3 Å². The molecule has 0 aliphatic carbocycles. The minimum absolute atomic E-state index is 0.0179. The first-order valence-corrected chi connectivity index (χ1v) is 4.55. The van der Waals surface area contributed by atoms with Crippen LogP contribution in [0.1, 0.15) is 13.3 Å². The number of halogens is 2. The van der Waals surface area contributed by atoms with E-state index in [9.17, 15) is 4.39 Å². The van der Waals surface area contributed by atoms with Gasteiger partial charge in [0, 0.05) is 12.6 Å². The Morgan fingerprint density at radius 1 is 1.71 bits per heavy atom. The van der Waals surface area contributed by atoms with Crippen molar-refractivity contribution >= 4 is 11.6 Å². The number of rotatable bonds is 4. The summed E-state index contributed by atoms with van der Waals surface area (Å²) in [5.41, 5.74) is 0.986. The van der Waals surface area contributed by atoms with E-state index in [1.807, 2.05) is 6.92 Å². The van der Waals surface area contributed by atoms with E-state index in [4.69, 9.17) is 16.3 Å². The lowest BCUT2D eigenvalue weighted by atomic mass is 10.3. The maximum Gasteiger partial charge on any atom is 0.250 e. The molecule has 14 heavy (non-hydrogen) atoms. The van der Waals surface area contributed by atoms with Gasteiger partial charge in [-0.25, -0.2) is 9.37 Å². The lowest BCUT2D eigenvalue weighted by molar-refractivity contribution is 0.292. The van der Waals surface area contributed by atoms with Gasteiger partial charge in [0.1, 0.15) is 0 Å². The van der Waals surface area contributed by atoms with Crippen LogP contribution >= 0.6 is 11.6 Å². The molecule has 1 heterocycles. The van der Waals surface area contributed by atoms with Crippen molar-refractivity contribution in [3.05, 3.63) is 35.3 Å². The minimum atomic E-state index is -0.542. The number of nitrogens with zero attached hydrogens (tertiary/aromatic N) is 1. The lowest BCUT2D eigenvalue weighted by Crippen LogP contribution is -2.01. The van der Waals surface area contributed by atoms with Crippen molar-refractivity contribution in [2.75, 3.05) is 6.61 Å². The predicted molar refractivity (Wildman–Crippen MR) is 54.1 cm³/mol. The van der Waals surface area contributed by atoms with Gasteiger partial charge in [-0.3, -0.25) is 0 Å². The van der Waals surface area contributed by atoms with Crippen LogP contribution in [-0.4, -0.2) is 11.6 Å². The Morgan fingerprint density at radius 3 is 3.00 bits per heavy atom. The van der Waals surface area contributed by atoms with Crippen LogP contribution in [0.2, 0.25) is 5.02 Å². The van der Waals surface area contributed by atoms with Crippen molar-refractivity contribution < 1.29 is 9.13 Å². The zero-order chi connectivity index (χ0) is 10.6. The first kappa shape index (κ1) is 11.0. The first-order chi connectivity index (χ1) is 6.59. The third-order valence-corrected chi connectivity index (χ3v) is 1.75. The largest absolute Gasteiger partial charge is 0.475 e. The Labute approximate surface area is 87.4 Å². The number of hydrogen-bond acceptors (Lipinski definition) is 2. The Morgan fingerprint density at radius 2 is 2.43 bits per heavy atom. The van der Waals surface area contributed by atoms with E-state index < -0.39 is 5.82 Å². The van der Waals surface area contributed by atoms with Crippen molar-refractivity contribution in [2.45, 2.75) is 13.3 Å². The fraction of sp³-hybridized carbons (Fsp3) is 0.300. The molecule has 1 aromatic rings. The minimum Gasteiger partial charge on any atom is -0.475 e. The molecule has 0 saturated heterocycles. The van der Waals surface area contributed by atoms with Crippen LogP contribution in [0.5, 0.6) is 5.88 Å². The van der Waals surface area contributed by atoms with Crippen molar-refractivity contribution in [2.24, 2.45) is 0 Å². The van der Waals surface area contributed by atoms with Crippen LogP contribution in [0.3, 0.4) is 0 Å². The zero-order valence-corrected chi connectivity index (χ0v) is 8.64. The molecule has 76 valence electrons. The van der Waals surface area contributed by atoms with E-state index in [1.54, 1.807) is 0 Å². The molecule has 2 nitrogen and oxygen atoms in total. The SMILES string of the molecule is C=C(C)CCOc1ncc(Cl)cc1F. The van der Waals surface area contributed by atoms with Gasteiger partial charge in [-0.2, -0.15) is 0 Å². The summed E-state index contributed by atoms with van der Waals surface area (Å²) in [6, 6.07) is 1.17. The Balaban J connectivity index is 2.55. The van der Waals surface area contributed by atoms with Crippen LogP contribution < -0.4 is 4.74 Å². The second-order valence-electron chi connectivity index (χ2n) is 3.00. The molecular weight excluding hydrogens is 205 g/mol. The van der Waals surface area contributed by atoms with Gasteiger partial charge in [0.25, 0.3) is 0 Å². The maximum absolute atomic E-state index is 13.1. The van der Waals surface area contributed by atoms with Gasteiger partial charge in [0.2, 0.25) is 5.88 Å². The van der Waals surface area contributed by atoms with Crippen LogP contribution in [0, 0.1) is 5.82 Å². The molecule has 0 N–H and O–H groups in total. The van der Waals surface area contributed by atoms with Crippen molar-refractivity contribution in [3.63, 3.8) is 0 Å². The predicted octanol–water partition coefficient (Wildman–Crippen LogP) is 3.22. The zero-order valence-electron chi connectivity index (χ0n) is 7.89. The topological polar surface area (TPSA) is 22.1 Å². The molecule has 0 saturated carbocycles. The van der Waals surface area contributed by atoms with Crippen LogP contribution in [0.4, 0.5) is 4.39 Å². The second kappa shape index (κ2) is 4.96. The molecule has 0 fully saturated rings. The average Bonchev–Trinajstić information content (AvgIpc) is 2.08. The van der Waals surface area contributed by atoms with Crippen molar-refractivity contribution in [3.8, 4) is 5.88 Å². The van der Waals surface area contributed by atoms with Gasteiger partial charge in [0.05, 0.1) is 11.6 Å². The van der Waals surface area contributed by atoms with E-state index in [2.05, 4.69) is 11.6 Å². The summed E-state index contributed by atoms with van der Waals surface area (Å²) in [7, 11) is 0. The molecule has 0 bridgehead atoms. The van der Waals surface area contributed by atoms with Gasteiger partial charge in [-0.1, -0.05) is 17.2 Å². The molecule has 1 aromatic heterocycles. The molecule has 0 aliphatic heterocycles. The molecule has 0 radical (unpaired) electrons. The second-order valence-corrected chi connectivity index (χ2v) is 3.43. The van der Waals surface area contributed by atoms with E-state index in [0.717, 1.165) is 5.57 Å². The highest BCUT2D eigenvalue weighted by Crippen LogP contribution is 2.17. The maximum atomic E-state index is 13.1. The van der Waals surface area contributed by atoms with Crippen molar-refractivity contribution in [1.29, 1.82) is 0 Å². The molecule has 1 rings (SSSR count). The summed E-state index contributed by atoms with van der Waals surface area (Å²) >= 11 is 5.53. The third kappa shape index (κ3) is 3.34. The average molecular weight is 216 g/mol. The van der Waals surface area contributed by atoms with Gasteiger partial charge >= 0.3 is 0 Å². The van der Waals surface area contributed by atoms with Gasteiger partial charge < -0.3 is 4.74 Å². The molecule has 0 spiro atoms. The monoisotopic (exact) mass is 215 g/mol. The first-order valence-electron chi connectivity index (χ1n) is 4.18. The van der Waals surface area contributed by atoms with E-state index >= 15 is 0 Å². The smallest absolute Gasteiger partial charge is 0.250 e. The Kier molecular flexibility index (Phi) is 3.89. The summed E-state index contributed by atoms with van der Waals surface area (Å²) in [6.07, 6.45) is 2.03. The Hall–Kier alpha value is -1.09. The van der Waals surface area contributed by atoms with Gasteiger partial charge in [0.15, 0.2) is 5.82 Å². The summed E-state index contributed by atoms with van der Waals surface area (Å²) in [4.78, 5) is 3.72. The number of pyridine rings is 1. The molecule has 4 heteroatoms. The van der Waals surface area contributed by atoms with Crippen molar-refractivity contribution in [1.82, 2.24) is 4.98 Å². The normalized spacial score (nSPS) is 9.93. The van der Waals surface area contributed by atoms with Crippen LogP contribution in [0.15, 0.2) is 24.4 Å². The fourth-order valence-corrected chi connectivity index (χ4v) is 0.975. The molecule has 0 aliphatic rings. The summed E-state index contributed by atoms with van der Waals surface area (Å²) in [5.74, 6) is -0.560. The van der Waals surface area contributed by atoms with Gasteiger partial charge in [-0.15, -0.1) is 6.58 Å². The lowest BCUT2D eigenvalue weighted by Gasteiger charge is -2.05. The van der Waals surface area contributed by atoms with Crippen LogP contribution in [-0.2, 0) is 0 Å². The Bertz CT molecular complexity index is 341. The quantitative estimate of drug-likeness (QED) is 0.720. The standard InChI is InChI=1S/C10H11ClFNO/c1-7(2)3-4-14-10-9(12)5-8(11)6-13-10/h5-6H,1,3-4H2,2H3. The summed E-state index contributed by atoms with van der Waals surface area (Å²) in [5, 5.41) is 0.259. The molecule has 0 atom stereocenters. The van der Waals surface area contributed by atoms with E-state index in [-0.39, 0.29) is 10.9 Å². The number of ether oxygens (including phenoxy) is 1. The highest BCUT2D eigenvalue weighted by atomic mass is 35.5. The highest BCUT2D eigenvalue weighted by Gasteiger charge is 2.05. The molecular formula is C10H11ClFNO. The fourth-order valence-electron chi connectivity index (χ4n) is 0.830. The molecule has 0 amide bonds. The molecule has 0 aromatic carbocycles. The summed E-state index contributed by atoms with van der Waals surface area (Å²) in [6.45, 7) is 5.97. The number of aromatic nitrogens is 1. The van der Waals surface area contributed by atoms with E-state index in [0.29, 0.717) is 13.0 Å². The van der Waals surface area contributed by atoms with Gasteiger partial charge in [-0.05, 0) is 13.0 Å². The third-order valence-electron chi connectivity index (χ3n) is 1.54. The highest BCUT2D eigenvalue weighted by molar-refractivity contribution is 6.30.